The molecule has 1 atom stereocenters. The van der Waals surface area contributed by atoms with Crippen LogP contribution in [0.2, 0.25) is 0 Å². The molecular formula is C14H20N2O4. The molecule has 0 saturated carbocycles. The van der Waals surface area contributed by atoms with Crippen LogP contribution in [0.5, 0.6) is 0 Å². The van der Waals surface area contributed by atoms with Crippen LogP contribution in [0.25, 0.3) is 0 Å². The SMILES string of the molecule is CC(CNc1ccc([N+](=O)[O-])c(C(=O)O)c1)C(C)(C)C. The number of nitrogens with one attached hydrogen (secondary N) is 1. The van der Waals surface area contributed by atoms with E-state index in [1.165, 1.54) is 18.2 Å². The summed E-state index contributed by atoms with van der Waals surface area (Å²) in [6.07, 6.45) is 0. The fraction of sp³-hybridized carbons (Fsp3) is 0.500. The summed E-state index contributed by atoms with van der Waals surface area (Å²) in [4.78, 5) is 21.1. The van der Waals surface area contributed by atoms with Gasteiger partial charge in [-0.3, -0.25) is 10.1 Å². The Morgan fingerprint density at radius 1 is 1.45 bits per heavy atom. The molecule has 2 N–H and O–H groups in total. The van der Waals surface area contributed by atoms with Gasteiger partial charge in [0.2, 0.25) is 0 Å². The van der Waals surface area contributed by atoms with Crippen molar-refractivity contribution in [3.05, 3.63) is 33.9 Å². The van der Waals surface area contributed by atoms with E-state index in [1.54, 1.807) is 0 Å². The lowest BCUT2D eigenvalue weighted by Crippen LogP contribution is -2.24. The fourth-order valence-electron chi connectivity index (χ4n) is 1.55. The summed E-state index contributed by atoms with van der Waals surface area (Å²) in [7, 11) is 0. The first-order valence-corrected chi connectivity index (χ1v) is 6.38. The highest BCUT2D eigenvalue weighted by molar-refractivity contribution is 5.93. The number of rotatable bonds is 5. The number of carboxylic acids is 1. The number of nitro groups is 1. The minimum absolute atomic E-state index is 0.128. The van der Waals surface area contributed by atoms with Crippen LogP contribution < -0.4 is 5.32 Å². The first kappa shape index (κ1) is 15.9. The van der Waals surface area contributed by atoms with Crippen LogP contribution in [0.1, 0.15) is 38.1 Å². The van der Waals surface area contributed by atoms with Crippen LogP contribution in [0, 0.1) is 21.4 Å². The Labute approximate surface area is 118 Å². The summed E-state index contributed by atoms with van der Waals surface area (Å²) in [5.41, 5.74) is 0.00285. The molecule has 0 radical (unpaired) electrons. The number of aromatic carboxylic acids is 1. The van der Waals surface area contributed by atoms with Crippen molar-refractivity contribution in [3.8, 4) is 0 Å². The Bertz CT molecular complexity index is 520. The fourth-order valence-corrected chi connectivity index (χ4v) is 1.55. The van der Waals surface area contributed by atoms with E-state index in [0.29, 0.717) is 18.2 Å². The summed E-state index contributed by atoms with van der Waals surface area (Å²) in [5, 5.41) is 22.9. The summed E-state index contributed by atoms with van der Waals surface area (Å²) in [6.45, 7) is 9.13. The average Bonchev–Trinajstić information content (AvgIpc) is 2.34. The average molecular weight is 280 g/mol. The first-order chi connectivity index (χ1) is 9.12. The zero-order chi connectivity index (χ0) is 15.5. The molecule has 1 unspecified atom stereocenters. The zero-order valence-electron chi connectivity index (χ0n) is 12.1. The van der Waals surface area contributed by atoms with Crippen molar-refractivity contribution in [1.29, 1.82) is 0 Å². The highest BCUT2D eigenvalue weighted by atomic mass is 16.6. The molecular weight excluding hydrogens is 260 g/mol. The highest BCUT2D eigenvalue weighted by Crippen LogP contribution is 2.27. The van der Waals surface area contributed by atoms with Gasteiger partial charge < -0.3 is 10.4 Å². The van der Waals surface area contributed by atoms with E-state index >= 15 is 0 Å². The second-order valence-electron chi connectivity index (χ2n) is 5.94. The molecule has 6 heteroatoms. The number of nitrogens with zero attached hydrogens (tertiary/aromatic N) is 1. The van der Waals surface area contributed by atoms with Gasteiger partial charge in [-0.15, -0.1) is 0 Å². The van der Waals surface area contributed by atoms with Gasteiger partial charge in [0.1, 0.15) is 5.56 Å². The molecule has 1 aromatic rings. The molecule has 1 aromatic carbocycles. The van der Waals surface area contributed by atoms with Crippen molar-refractivity contribution in [2.45, 2.75) is 27.7 Å². The highest BCUT2D eigenvalue weighted by Gasteiger charge is 2.22. The maximum absolute atomic E-state index is 11.0. The lowest BCUT2D eigenvalue weighted by atomic mass is 9.82. The van der Waals surface area contributed by atoms with Gasteiger partial charge in [0.15, 0.2) is 0 Å². The number of hydrogen-bond acceptors (Lipinski definition) is 4. The summed E-state index contributed by atoms with van der Waals surface area (Å²) in [6, 6.07) is 4.04. The second kappa shape index (κ2) is 5.90. The number of nitro benzene ring substituents is 1. The van der Waals surface area contributed by atoms with Gasteiger partial charge in [-0.1, -0.05) is 27.7 Å². The van der Waals surface area contributed by atoms with Crippen molar-refractivity contribution in [2.75, 3.05) is 11.9 Å². The van der Waals surface area contributed by atoms with Crippen molar-refractivity contribution in [1.82, 2.24) is 0 Å². The molecule has 0 aromatic heterocycles. The molecule has 0 aliphatic carbocycles. The zero-order valence-corrected chi connectivity index (χ0v) is 12.1. The molecule has 20 heavy (non-hydrogen) atoms. The third kappa shape index (κ3) is 3.94. The van der Waals surface area contributed by atoms with E-state index in [4.69, 9.17) is 5.11 Å². The Balaban J connectivity index is 2.91. The molecule has 0 aliphatic rings. The third-order valence-corrected chi connectivity index (χ3v) is 3.51. The third-order valence-electron chi connectivity index (χ3n) is 3.51. The Morgan fingerprint density at radius 3 is 2.50 bits per heavy atom. The van der Waals surface area contributed by atoms with Gasteiger partial charge in [-0.25, -0.2) is 4.79 Å². The van der Waals surface area contributed by atoms with E-state index in [-0.39, 0.29) is 11.0 Å². The topological polar surface area (TPSA) is 92.5 Å². The lowest BCUT2D eigenvalue weighted by Gasteiger charge is -2.27. The van der Waals surface area contributed by atoms with Gasteiger partial charge in [-0.05, 0) is 23.5 Å². The standard InChI is InChI=1S/C14H20N2O4/c1-9(14(2,3)4)8-15-10-5-6-12(16(19)20)11(7-10)13(17)18/h5-7,9,15H,8H2,1-4H3,(H,17,18). The molecule has 0 bridgehead atoms. The number of benzene rings is 1. The van der Waals surface area contributed by atoms with Gasteiger partial charge in [0.05, 0.1) is 4.92 Å². The quantitative estimate of drug-likeness (QED) is 0.637. The molecule has 110 valence electrons. The predicted octanol–water partition coefficient (Wildman–Crippen LogP) is 3.39. The van der Waals surface area contributed by atoms with Crippen LogP contribution in [0.4, 0.5) is 11.4 Å². The lowest BCUT2D eigenvalue weighted by molar-refractivity contribution is -0.385. The monoisotopic (exact) mass is 280 g/mol. The van der Waals surface area contributed by atoms with E-state index in [9.17, 15) is 14.9 Å². The number of hydrogen-bond donors (Lipinski definition) is 2. The minimum atomic E-state index is -1.30. The van der Waals surface area contributed by atoms with Crippen LogP contribution >= 0.6 is 0 Å². The Hall–Kier alpha value is -2.11. The van der Waals surface area contributed by atoms with Crippen molar-refractivity contribution in [2.24, 2.45) is 11.3 Å². The van der Waals surface area contributed by atoms with E-state index in [0.717, 1.165) is 0 Å². The van der Waals surface area contributed by atoms with Gasteiger partial charge in [0.25, 0.3) is 5.69 Å². The molecule has 1 rings (SSSR count). The van der Waals surface area contributed by atoms with E-state index < -0.39 is 16.6 Å². The van der Waals surface area contributed by atoms with Crippen molar-refractivity contribution >= 4 is 17.3 Å². The van der Waals surface area contributed by atoms with Gasteiger partial charge in [-0.2, -0.15) is 0 Å². The number of anilines is 1. The number of carboxylic acid groups (broad SMARTS) is 1. The summed E-state index contributed by atoms with van der Waals surface area (Å²) in [5.74, 6) is -0.935. The number of carbonyl (C=O) groups is 1. The first-order valence-electron chi connectivity index (χ1n) is 6.38. The normalized spacial score (nSPS) is 12.8. The summed E-state index contributed by atoms with van der Waals surface area (Å²) >= 11 is 0. The molecule has 0 saturated heterocycles. The Kier molecular flexibility index (Phi) is 4.70. The largest absolute Gasteiger partial charge is 0.477 e. The molecule has 0 aliphatic heterocycles. The molecule has 0 fully saturated rings. The van der Waals surface area contributed by atoms with Gasteiger partial charge in [0, 0.05) is 18.3 Å². The molecule has 0 spiro atoms. The van der Waals surface area contributed by atoms with E-state index in [1.807, 2.05) is 0 Å². The molecule has 0 amide bonds. The van der Waals surface area contributed by atoms with Crippen LogP contribution in [-0.4, -0.2) is 22.5 Å². The maximum Gasteiger partial charge on any atom is 0.342 e. The summed E-state index contributed by atoms with van der Waals surface area (Å²) < 4.78 is 0. The van der Waals surface area contributed by atoms with Crippen molar-refractivity contribution in [3.63, 3.8) is 0 Å². The molecule has 6 nitrogen and oxygen atoms in total. The van der Waals surface area contributed by atoms with Gasteiger partial charge >= 0.3 is 5.97 Å². The molecule has 0 heterocycles. The predicted molar refractivity (Wildman–Crippen MR) is 77.2 cm³/mol. The maximum atomic E-state index is 11.0. The van der Waals surface area contributed by atoms with Crippen LogP contribution in [0.15, 0.2) is 18.2 Å². The minimum Gasteiger partial charge on any atom is -0.477 e. The van der Waals surface area contributed by atoms with E-state index in [2.05, 4.69) is 33.0 Å². The van der Waals surface area contributed by atoms with Crippen LogP contribution in [-0.2, 0) is 0 Å². The van der Waals surface area contributed by atoms with Crippen molar-refractivity contribution < 1.29 is 14.8 Å². The second-order valence-corrected chi connectivity index (χ2v) is 5.94. The Morgan fingerprint density at radius 2 is 2.05 bits per heavy atom. The smallest absolute Gasteiger partial charge is 0.342 e. The van der Waals surface area contributed by atoms with Crippen LogP contribution in [0.3, 0.4) is 0 Å².